The molecule has 0 aliphatic carbocycles. The van der Waals surface area contributed by atoms with Crippen molar-refractivity contribution >= 4 is 21.6 Å². The zero-order valence-corrected chi connectivity index (χ0v) is 23.1. The van der Waals surface area contributed by atoms with Gasteiger partial charge in [-0.05, 0) is 23.3 Å². The molecular weight excluding hydrogens is 516 g/mol. The Balaban J connectivity index is 1.39. The smallest absolute Gasteiger partial charge is 0.260 e. The highest BCUT2D eigenvalue weighted by Crippen LogP contribution is 2.36. The zero-order valence-electron chi connectivity index (χ0n) is 22.3. The summed E-state index contributed by atoms with van der Waals surface area (Å²) in [6, 6.07) is 15.3. The van der Waals surface area contributed by atoms with Crippen LogP contribution in [0.3, 0.4) is 0 Å². The molecule has 1 saturated heterocycles. The molecule has 0 radical (unpaired) electrons. The lowest BCUT2D eigenvalue weighted by Gasteiger charge is -2.30. The summed E-state index contributed by atoms with van der Waals surface area (Å²) in [5.74, 6) is 1.81. The number of ether oxygens (including phenoxy) is 3. The van der Waals surface area contributed by atoms with Crippen LogP contribution in [0.5, 0.6) is 11.5 Å². The largest absolute Gasteiger partial charge is 0.493 e. The summed E-state index contributed by atoms with van der Waals surface area (Å²) in [6.45, 7) is 5.68. The normalized spacial score (nSPS) is 15.1. The fraction of sp³-hybridized carbons (Fsp3) is 0.379. The molecule has 39 heavy (non-hydrogen) atoms. The Labute approximate surface area is 231 Å². The highest BCUT2D eigenvalue weighted by Gasteiger charge is 2.20. The number of benzene rings is 2. The Morgan fingerprint density at radius 1 is 1.13 bits per heavy atom. The molecule has 0 amide bonds. The minimum Gasteiger partial charge on any atom is -0.493 e. The van der Waals surface area contributed by atoms with Crippen LogP contribution >= 0.6 is 11.3 Å². The maximum Gasteiger partial charge on any atom is 0.260 e. The minimum atomic E-state index is -0.648. The van der Waals surface area contributed by atoms with Crippen LogP contribution in [0.15, 0.2) is 58.7 Å². The van der Waals surface area contributed by atoms with E-state index in [-0.39, 0.29) is 5.56 Å². The Kier molecular flexibility index (Phi) is 8.90. The second-order valence-corrected chi connectivity index (χ2v) is 10.4. The highest BCUT2D eigenvalue weighted by molar-refractivity contribution is 7.17. The van der Waals surface area contributed by atoms with Crippen molar-refractivity contribution < 1.29 is 19.3 Å². The third-order valence-corrected chi connectivity index (χ3v) is 7.88. The first-order chi connectivity index (χ1) is 19.1. The van der Waals surface area contributed by atoms with E-state index >= 15 is 0 Å². The first-order valence-electron chi connectivity index (χ1n) is 13.0. The van der Waals surface area contributed by atoms with Crippen LogP contribution in [-0.2, 0) is 11.3 Å². The van der Waals surface area contributed by atoms with E-state index in [0.29, 0.717) is 40.6 Å². The number of hydrogen-bond acceptors (Lipinski definition) is 9. The minimum absolute atomic E-state index is 0.183. The number of methoxy groups -OCH3 is 2. The maximum atomic E-state index is 13.3. The van der Waals surface area contributed by atoms with Crippen molar-refractivity contribution in [2.24, 2.45) is 0 Å². The van der Waals surface area contributed by atoms with Gasteiger partial charge in [0.05, 0.1) is 45.5 Å². The van der Waals surface area contributed by atoms with Gasteiger partial charge in [-0.1, -0.05) is 36.4 Å². The quantitative estimate of drug-likeness (QED) is 0.293. The first-order valence-corrected chi connectivity index (χ1v) is 13.9. The molecule has 1 aliphatic heterocycles. The summed E-state index contributed by atoms with van der Waals surface area (Å²) < 4.78 is 16.3. The van der Waals surface area contributed by atoms with Gasteiger partial charge in [0.1, 0.15) is 10.7 Å². The third kappa shape index (κ3) is 6.48. The van der Waals surface area contributed by atoms with Gasteiger partial charge in [0, 0.05) is 43.7 Å². The Morgan fingerprint density at radius 2 is 1.90 bits per heavy atom. The van der Waals surface area contributed by atoms with Gasteiger partial charge in [-0.15, -0.1) is 11.3 Å². The number of aliphatic hydroxyl groups is 1. The van der Waals surface area contributed by atoms with Crippen molar-refractivity contribution in [1.82, 2.24) is 19.8 Å². The molecule has 5 rings (SSSR count). The molecule has 206 valence electrons. The summed E-state index contributed by atoms with van der Waals surface area (Å²) in [7, 11) is 3.18. The number of thiophene rings is 1. The second kappa shape index (κ2) is 12.7. The first kappa shape index (κ1) is 27.3. The van der Waals surface area contributed by atoms with Crippen LogP contribution < -0.4 is 15.0 Å². The third-order valence-electron chi connectivity index (χ3n) is 7.01. The predicted molar refractivity (Wildman–Crippen MR) is 153 cm³/mol. The van der Waals surface area contributed by atoms with Crippen LogP contribution in [0.1, 0.15) is 17.5 Å². The van der Waals surface area contributed by atoms with Crippen LogP contribution in [0.25, 0.3) is 21.3 Å². The van der Waals surface area contributed by atoms with E-state index in [2.05, 4.69) is 14.8 Å². The lowest BCUT2D eigenvalue weighted by Crippen LogP contribution is -2.42. The summed E-state index contributed by atoms with van der Waals surface area (Å²) >= 11 is 1.44. The number of aromatic amines is 1. The van der Waals surface area contributed by atoms with Gasteiger partial charge in [0.15, 0.2) is 11.5 Å². The summed E-state index contributed by atoms with van der Waals surface area (Å²) in [5, 5.41) is 13.5. The molecule has 0 unspecified atom stereocenters. The van der Waals surface area contributed by atoms with Crippen molar-refractivity contribution in [2.75, 3.05) is 60.2 Å². The average molecular weight is 551 g/mol. The molecule has 0 bridgehead atoms. The molecule has 4 aromatic rings. The van der Waals surface area contributed by atoms with Gasteiger partial charge in [0.2, 0.25) is 0 Å². The van der Waals surface area contributed by atoms with Gasteiger partial charge in [-0.2, -0.15) is 0 Å². The maximum absolute atomic E-state index is 13.3. The summed E-state index contributed by atoms with van der Waals surface area (Å²) in [6.07, 6.45) is -0.648. The zero-order chi connectivity index (χ0) is 27.2. The number of fused-ring (bicyclic) bond motifs is 1. The van der Waals surface area contributed by atoms with Gasteiger partial charge in [-0.3, -0.25) is 14.6 Å². The lowest BCUT2D eigenvalue weighted by molar-refractivity contribution is 0.0288. The summed E-state index contributed by atoms with van der Waals surface area (Å²) in [4.78, 5) is 26.3. The molecule has 0 spiro atoms. The number of nitrogens with one attached hydrogen (secondary N) is 1. The number of rotatable bonds is 11. The number of hydrogen-bond donors (Lipinski definition) is 2. The van der Waals surface area contributed by atoms with Crippen molar-refractivity contribution in [3.8, 4) is 22.6 Å². The molecular formula is C29H34N4O5S. The molecule has 2 aromatic heterocycles. The molecule has 2 N–H and O–H groups in total. The van der Waals surface area contributed by atoms with Gasteiger partial charge in [-0.25, -0.2) is 4.98 Å². The molecule has 1 atom stereocenters. The number of aromatic nitrogens is 2. The van der Waals surface area contributed by atoms with Crippen molar-refractivity contribution in [1.29, 1.82) is 0 Å². The van der Waals surface area contributed by atoms with Crippen molar-refractivity contribution in [2.45, 2.75) is 12.6 Å². The number of morpholine rings is 1. The number of aliphatic hydroxyl groups excluding tert-OH is 1. The molecule has 9 nitrogen and oxygen atoms in total. The molecule has 0 saturated carbocycles. The second-order valence-electron chi connectivity index (χ2n) is 9.53. The average Bonchev–Trinajstić information content (AvgIpc) is 3.41. The van der Waals surface area contributed by atoms with E-state index < -0.39 is 6.10 Å². The molecule has 3 heterocycles. The number of nitrogens with zero attached hydrogens (tertiary/aromatic N) is 3. The molecule has 1 fully saturated rings. The van der Waals surface area contributed by atoms with Gasteiger partial charge < -0.3 is 24.3 Å². The Hall–Kier alpha value is -3.28. The van der Waals surface area contributed by atoms with E-state index in [1.54, 1.807) is 14.2 Å². The SMILES string of the molecule is COc1ccc(-c2csc3nc(CN(CCN4CCOCC4)C[C@@H](O)c4ccccc4)[nH]c(=O)c23)cc1OC. The molecule has 10 heteroatoms. The van der Waals surface area contributed by atoms with E-state index in [9.17, 15) is 9.90 Å². The number of H-pyrrole nitrogens is 1. The standard InChI is InChI=1S/C29H34N4O5S/c1-36-24-9-8-21(16-25(24)37-2)22-19-39-29-27(22)28(35)30-26(31-29)18-33(11-10-32-12-14-38-15-13-32)17-23(34)20-6-4-3-5-7-20/h3-9,16,19,23,34H,10-15,17-18H2,1-2H3,(H,30,31,35)/t23-/m1/s1. The van der Waals surface area contributed by atoms with Gasteiger partial charge in [0.25, 0.3) is 5.56 Å². The lowest BCUT2D eigenvalue weighted by atomic mass is 10.1. The van der Waals surface area contributed by atoms with Crippen LogP contribution in [0, 0.1) is 0 Å². The van der Waals surface area contributed by atoms with Gasteiger partial charge >= 0.3 is 0 Å². The molecule has 2 aromatic carbocycles. The van der Waals surface area contributed by atoms with E-state index in [4.69, 9.17) is 19.2 Å². The van der Waals surface area contributed by atoms with E-state index in [1.165, 1.54) is 11.3 Å². The van der Waals surface area contributed by atoms with Crippen LogP contribution in [-0.4, -0.2) is 85.0 Å². The predicted octanol–water partition coefficient (Wildman–Crippen LogP) is 3.54. The fourth-order valence-electron chi connectivity index (χ4n) is 4.86. The van der Waals surface area contributed by atoms with Crippen molar-refractivity contribution in [3.05, 3.63) is 75.7 Å². The monoisotopic (exact) mass is 550 g/mol. The van der Waals surface area contributed by atoms with Crippen LogP contribution in [0.4, 0.5) is 0 Å². The molecule has 1 aliphatic rings. The fourth-order valence-corrected chi connectivity index (χ4v) is 5.83. The van der Waals surface area contributed by atoms with Crippen LogP contribution in [0.2, 0.25) is 0 Å². The van der Waals surface area contributed by atoms with Crippen molar-refractivity contribution in [3.63, 3.8) is 0 Å². The van der Waals surface area contributed by atoms with E-state index in [0.717, 1.165) is 56.1 Å². The Bertz CT molecular complexity index is 1430. The highest BCUT2D eigenvalue weighted by atomic mass is 32.1. The van der Waals surface area contributed by atoms with E-state index in [1.807, 2.05) is 53.9 Å². The Morgan fingerprint density at radius 3 is 2.64 bits per heavy atom. The topological polar surface area (TPSA) is 100 Å². The summed E-state index contributed by atoms with van der Waals surface area (Å²) in [5.41, 5.74) is 2.35.